The number of nitrogens with zero attached hydrogens (tertiary/aromatic N) is 3. The van der Waals surface area contributed by atoms with E-state index in [-0.39, 0.29) is 24.3 Å². The molecule has 2 amide bonds. The van der Waals surface area contributed by atoms with Crippen LogP contribution >= 0.6 is 11.3 Å². The van der Waals surface area contributed by atoms with E-state index in [2.05, 4.69) is 27.0 Å². The van der Waals surface area contributed by atoms with E-state index in [0.29, 0.717) is 25.3 Å². The molecular weight excluding hydrogens is 436 g/mol. The molecule has 1 aliphatic heterocycles. The van der Waals surface area contributed by atoms with Gasteiger partial charge in [0.05, 0.1) is 18.7 Å². The fraction of sp³-hybridized carbons (Fsp3) is 0.400. The first-order valence-electron chi connectivity index (χ1n) is 11.4. The Morgan fingerprint density at radius 2 is 1.76 bits per heavy atom. The number of benzene rings is 1. The lowest BCUT2D eigenvalue weighted by Gasteiger charge is -2.32. The molecule has 3 aromatic rings. The van der Waals surface area contributed by atoms with Crippen LogP contribution in [0.15, 0.2) is 41.8 Å². The van der Waals surface area contributed by atoms with Gasteiger partial charge >= 0.3 is 0 Å². The molecule has 0 saturated carbocycles. The predicted octanol–water partition coefficient (Wildman–Crippen LogP) is 3.91. The number of aromatic nitrogens is 2. The van der Waals surface area contributed by atoms with Crippen molar-refractivity contribution in [3.8, 4) is 10.9 Å². The summed E-state index contributed by atoms with van der Waals surface area (Å²) >= 11 is 1.55. The number of nitrogens with one attached hydrogen (secondary N) is 1. The minimum atomic E-state index is -0.0240. The summed E-state index contributed by atoms with van der Waals surface area (Å²) in [6, 6.07) is 11.5. The summed E-state index contributed by atoms with van der Waals surface area (Å²) in [6.07, 6.45) is 1.76. The zero-order valence-electron chi connectivity index (χ0n) is 19.3. The summed E-state index contributed by atoms with van der Waals surface area (Å²) in [5, 5.41) is 5.96. The quantitative estimate of drug-likeness (QED) is 0.573. The molecular formula is C25H30N4O3S. The molecule has 0 radical (unpaired) electrons. The number of thiazole rings is 1. The van der Waals surface area contributed by atoms with Crippen LogP contribution in [0.2, 0.25) is 0 Å². The molecule has 33 heavy (non-hydrogen) atoms. The van der Waals surface area contributed by atoms with Crippen molar-refractivity contribution < 1.29 is 14.3 Å². The first-order valence-corrected chi connectivity index (χ1v) is 12.2. The Labute approximate surface area is 198 Å². The maximum atomic E-state index is 12.8. The van der Waals surface area contributed by atoms with E-state index in [4.69, 9.17) is 4.74 Å². The highest BCUT2D eigenvalue weighted by atomic mass is 32.1. The highest BCUT2D eigenvalue weighted by Gasteiger charge is 2.25. The van der Waals surface area contributed by atoms with Crippen LogP contribution in [0.5, 0.6) is 5.75 Å². The van der Waals surface area contributed by atoms with Gasteiger partial charge in [-0.1, -0.05) is 0 Å². The topological polar surface area (TPSA) is 76.5 Å². The van der Waals surface area contributed by atoms with E-state index >= 15 is 0 Å². The molecule has 8 heteroatoms. The number of likely N-dealkylation sites (tertiary alicyclic amines) is 1. The van der Waals surface area contributed by atoms with E-state index in [1.807, 2.05) is 43.2 Å². The van der Waals surface area contributed by atoms with E-state index in [1.54, 1.807) is 23.5 Å². The number of piperidine rings is 1. The third-order valence-electron chi connectivity index (χ3n) is 5.90. The largest absolute Gasteiger partial charge is 0.494 e. The van der Waals surface area contributed by atoms with Gasteiger partial charge in [0.2, 0.25) is 5.91 Å². The SMILES string of the molecule is CCOc1ccc(C(=O)N2CCC(NC(=O)Cc3csc(-n4c(C)ccc4C)n3)CC2)cc1. The Balaban J connectivity index is 1.26. The Bertz CT molecular complexity index is 1090. The third-order valence-corrected chi connectivity index (χ3v) is 6.78. The number of carbonyl (C=O) groups is 2. The van der Waals surface area contributed by atoms with Crippen LogP contribution in [0.1, 0.15) is 47.2 Å². The van der Waals surface area contributed by atoms with Gasteiger partial charge in [0.15, 0.2) is 5.13 Å². The molecule has 2 aromatic heterocycles. The van der Waals surface area contributed by atoms with E-state index < -0.39 is 0 Å². The zero-order chi connectivity index (χ0) is 23.4. The molecule has 0 unspecified atom stereocenters. The number of amides is 2. The van der Waals surface area contributed by atoms with Crippen LogP contribution in [0.25, 0.3) is 5.13 Å². The second kappa shape index (κ2) is 10.2. The summed E-state index contributed by atoms with van der Waals surface area (Å²) in [5.41, 5.74) is 3.70. The number of carbonyl (C=O) groups excluding carboxylic acids is 2. The molecule has 1 aliphatic rings. The van der Waals surface area contributed by atoms with E-state index in [0.717, 1.165) is 40.8 Å². The second-order valence-corrected chi connectivity index (χ2v) is 9.18. The fourth-order valence-corrected chi connectivity index (χ4v) is 5.10. The molecule has 174 valence electrons. The predicted molar refractivity (Wildman–Crippen MR) is 129 cm³/mol. The maximum Gasteiger partial charge on any atom is 0.253 e. The average Bonchev–Trinajstić information content (AvgIpc) is 3.39. The number of rotatable bonds is 7. The molecule has 1 saturated heterocycles. The van der Waals surface area contributed by atoms with Gasteiger partial charge < -0.3 is 15.0 Å². The standard InChI is InChI=1S/C25H30N4O3S/c1-4-32-22-9-7-19(8-10-22)24(31)28-13-11-20(12-14-28)26-23(30)15-21-16-33-25(27-21)29-17(2)5-6-18(29)3/h5-10,16,20H,4,11-15H2,1-3H3,(H,26,30). The summed E-state index contributed by atoms with van der Waals surface area (Å²) < 4.78 is 7.54. The Kier molecular flexibility index (Phi) is 7.13. The first-order chi connectivity index (χ1) is 15.9. The van der Waals surface area contributed by atoms with Gasteiger partial charge in [-0.05, 0) is 70.0 Å². The molecule has 0 bridgehead atoms. The summed E-state index contributed by atoms with van der Waals surface area (Å²) in [6.45, 7) is 7.89. The molecule has 1 fully saturated rings. The van der Waals surface area contributed by atoms with Crippen molar-refractivity contribution in [3.63, 3.8) is 0 Å². The monoisotopic (exact) mass is 466 g/mol. The summed E-state index contributed by atoms with van der Waals surface area (Å²) in [4.78, 5) is 31.9. The lowest BCUT2D eigenvalue weighted by molar-refractivity contribution is -0.121. The van der Waals surface area contributed by atoms with Gasteiger partial charge in [0.25, 0.3) is 5.91 Å². The van der Waals surface area contributed by atoms with Gasteiger partial charge in [0.1, 0.15) is 5.75 Å². The molecule has 1 N–H and O–H groups in total. The smallest absolute Gasteiger partial charge is 0.253 e. The minimum absolute atomic E-state index is 0.0217. The summed E-state index contributed by atoms with van der Waals surface area (Å²) in [7, 11) is 0. The first kappa shape index (κ1) is 23.0. The van der Waals surface area contributed by atoms with Gasteiger partial charge in [-0.2, -0.15) is 0 Å². The second-order valence-electron chi connectivity index (χ2n) is 8.34. The van der Waals surface area contributed by atoms with Gasteiger partial charge in [-0.25, -0.2) is 4.98 Å². The van der Waals surface area contributed by atoms with Crippen molar-refractivity contribution in [2.24, 2.45) is 0 Å². The van der Waals surface area contributed by atoms with Crippen molar-refractivity contribution in [1.29, 1.82) is 0 Å². The van der Waals surface area contributed by atoms with Crippen molar-refractivity contribution in [2.45, 2.75) is 46.1 Å². The molecule has 4 rings (SSSR count). The minimum Gasteiger partial charge on any atom is -0.494 e. The van der Waals surface area contributed by atoms with Crippen LogP contribution in [0.3, 0.4) is 0 Å². The van der Waals surface area contributed by atoms with Gasteiger partial charge in [-0.3, -0.25) is 14.2 Å². The van der Waals surface area contributed by atoms with Gasteiger partial charge in [-0.15, -0.1) is 11.3 Å². The van der Waals surface area contributed by atoms with Crippen LogP contribution in [-0.4, -0.2) is 52.0 Å². The highest BCUT2D eigenvalue weighted by Crippen LogP contribution is 2.21. The number of aryl methyl sites for hydroxylation is 2. The number of ether oxygens (including phenoxy) is 1. The van der Waals surface area contributed by atoms with Crippen LogP contribution < -0.4 is 10.1 Å². The zero-order valence-corrected chi connectivity index (χ0v) is 20.2. The Hall–Kier alpha value is -3.13. The van der Waals surface area contributed by atoms with Crippen molar-refractivity contribution in [3.05, 3.63) is 64.4 Å². The van der Waals surface area contributed by atoms with Crippen LogP contribution in [0, 0.1) is 13.8 Å². The number of hydrogen-bond donors (Lipinski definition) is 1. The van der Waals surface area contributed by atoms with E-state index in [1.165, 1.54) is 0 Å². The normalized spacial score (nSPS) is 14.3. The van der Waals surface area contributed by atoms with Gasteiger partial charge in [0, 0.05) is 41.5 Å². The molecule has 0 aliphatic carbocycles. The lowest BCUT2D eigenvalue weighted by Crippen LogP contribution is -2.46. The number of hydrogen-bond acceptors (Lipinski definition) is 5. The average molecular weight is 467 g/mol. The molecule has 1 aromatic carbocycles. The lowest BCUT2D eigenvalue weighted by atomic mass is 10.0. The Morgan fingerprint density at radius 3 is 2.39 bits per heavy atom. The van der Waals surface area contributed by atoms with E-state index in [9.17, 15) is 9.59 Å². The Morgan fingerprint density at radius 1 is 1.09 bits per heavy atom. The maximum absolute atomic E-state index is 12.8. The molecule has 0 spiro atoms. The molecule has 3 heterocycles. The fourth-order valence-electron chi connectivity index (χ4n) is 4.16. The molecule has 0 atom stereocenters. The summed E-state index contributed by atoms with van der Waals surface area (Å²) in [5.74, 6) is 0.763. The van der Waals surface area contributed by atoms with Crippen molar-refractivity contribution in [1.82, 2.24) is 19.8 Å². The van der Waals surface area contributed by atoms with Crippen LogP contribution in [-0.2, 0) is 11.2 Å². The van der Waals surface area contributed by atoms with Crippen LogP contribution in [0.4, 0.5) is 0 Å². The third kappa shape index (κ3) is 5.45. The van der Waals surface area contributed by atoms with Crippen molar-refractivity contribution in [2.75, 3.05) is 19.7 Å². The molecule has 7 nitrogen and oxygen atoms in total. The van der Waals surface area contributed by atoms with Crippen molar-refractivity contribution >= 4 is 23.2 Å². The highest BCUT2D eigenvalue weighted by molar-refractivity contribution is 7.12.